The number of hydrogen-bond acceptors (Lipinski definition) is 2. The van der Waals surface area contributed by atoms with Gasteiger partial charge in [0.1, 0.15) is 0 Å². The number of nitrogens with one attached hydrogen (secondary N) is 1. The van der Waals surface area contributed by atoms with Crippen molar-refractivity contribution in [2.45, 2.75) is 6.42 Å². The first kappa shape index (κ1) is 13.1. The fraction of sp³-hybridized carbons (Fsp3) is 0.200. The van der Waals surface area contributed by atoms with Gasteiger partial charge in [-0.25, -0.2) is 0 Å². The van der Waals surface area contributed by atoms with E-state index in [0.29, 0.717) is 12.1 Å². The van der Waals surface area contributed by atoms with Crippen molar-refractivity contribution in [1.29, 1.82) is 0 Å². The first-order valence-corrected chi connectivity index (χ1v) is 7.07. The van der Waals surface area contributed by atoms with Crippen LogP contribution in [0.4, 0.5) is 5.69 Å². The molecule has 0 radical (unpaired) electrons. The topological polar surface area (TPSA) is 66.4 Å². The second kappa shape index (κ2) is 4.90. The SMILES string of the molecule is O=C(O)C1CC1C(=O)Nc1ccc2cc(Br)ccc2c1. The molecule has 2 atom stereocenters. The van der Waals surface area contributed by atoms with Gasteiger partial charge in [-0.3, -0.25) is 9.59 Å². The maximum Gasteiger partial charge on any atom is 0.307 e. The maximum atomic E-state index is 11.9. The molecule has 0 aromatic heterocycles. The summed E-state index contributed by atoms with van der Waals surface area (Å²) in [4.78, 5) is 22.6. The van der Waals surface area contributed by atoms with E-state index in [1.54, 1.807) is 0 Å². The van der Waals surface area contributed by atoms with Crippen LogP contribution in [0.5, 0.6) is 0 Å². The average molecular weight is 334 g/mol. The molecule has 1 saturated carbocycles. The van der Waals surface area contributed by atoms with Gasteiger partial charge in [0.25, 0.3) is 0 Å². The molecule has 0 saturated heterocycles. The van der Waals surface area contributed by atoms with Crippen molar-refractivity contribution in [1.82, 2.24) is 0 Å². The van der Waals surface area contributed by atoms with Crippen molar-refractivity contribution in [3.8, 4) is 0 Å². The van der Waals surface area contributed by atoms with Crippen LogP contribution in [0.15, 0.2) is 40.9 Å². The van der Waals surface area contributed by atoms with Gasteiger partial charge >= 0.3 is 5.97 Å². The molecular weight excluding hydrogens is 322 g/mol. The lowest BCUT2D eigenvalue weighted by Crippen LogP contribution is -2.16. The molecule has 1 amide bonds. The molecule has 0 spiro atoms. The van der Waals surface area contributed by atoms with Crippen molar-refractivity contribution in [2.24, 2.45) is 11.8 Å². The van der Waals surface area contributed by atoms with E-state index < -0.39 is 17.8 Å². The quantitative estimate of drug-likeness (QED) is 0.905. The minimum absolute atomic E-state index is 0.214. The van der Waals surface area contributed by atoms with E-state index in [9.17, 15) is 9.59 Å². The summed E-state index contributed by atoms with van der Waals surface area (Å²) in [7, 11) is 0. The number of carboxylic acid groups (broad SMARTS) is 1. The Morgan fingerprint density at radius 1 is 1.10 bits per heavy atom. The molecule has 2 unspecified atom stereocenters. The Balaban J connectivity index is 1.76. The zero-order valence-corrected chi connectivity index (χ0v) is 12.1. The van der Waals surface area contributed by atoms with Crippen molar-refractivity contribution in [3.63, 3.8) is 0 Å². The molecule has 0 aliphatic heterocycles. The lowest BCUT2D eigenvalue weighted by molar-refractivity contribution is -0.139. The zero-order chi connectivity index (χ0) is 14.3. The van der Waals surface area contributed by atoms with E-state index in [1.165, 1.54) is 0 Å². The maximum absolute atomic E-state index is 11.9. The van der Waals surface area contributed by atoms with Gasteiger partial charge in [-0.2, -0.15) is 0 Å². The van der Waals surface area contributed by atoms with E-state index in [1.807, 2.05) is 36.4 Å². The molecule has 2 aromatic carbocycles. The van der Waals surface area contributed by atoms with Gasteiger partial charge in [0.15, 0.2) is 0 Å². The Bertz CT molecular complexity index is 713. The number of rotatable bonds is 3. The Morgan fingerprint density at radius 2 is 1.80 bits per heavy atom. The van der Waals surface area contributed by atoms with Crippen LogP contribution in [0, 0.1) is 11.8 Å². The summed E-state index contributed by atoms with van der Waals surface area (Å²) in [5, 5.41) is 13.7. The van der Waals surface area contributed by atoms with Gasteiger partial charge in [-0.15, -0.1) is 0 Å². The minimum Gasteiger partial charge on any atom is -0.481 e. The normalized spacial score (nSPS) is 20.6. The van der Waals surface area contributed by atoms with E-state index in [4.69, 9.17) is 5.11 Å². The summed E-state index contributed by atoms with van der Waals surface area (Å²) < 4.78 is 1.00. The van der Waals surface area contributed by atoms with Crippen molar-refractivity contribution < 1.29 is 14.7 Å². The van der Waals surface area contributed by atoms with E-state index in [2.05, 4.69) is 21.2 Å². The number of halogens is 1. The third kappa shape index (κ3) is 2.54. The van der Waals surface area contributed by atoms with Crippen LogP contribution in [0.3, 0.4) is 0 Å². The summed E-state index contributed by atoms with van der Waals surface area (Å²) in [5.74, 6) is -2.03. The van der Waals surface area contributed by atoms with Gasteiger partial charge in [0.2, 0.25) is 5.91 Å². The highest BCUT2D eigenvalue weighted by molar-refractivity contribution is 9.10. The van der Waals surface area contributed by atoms with Gasteiger partial charge < -0.3 is 10.4 Å². The van der Waals surface area contributed by atoms with E-state index >= 15 is 0 Å². The highest BCUT2D eigenvalue weighted by Crippen LogP contribution is 2.39. The summed E-state index contributed by atoms with van der Waals surface area (Å²) in [6.45, 7) is 0. The van der Waals surface area contributed by atoms with Gasteiger partial charge in [0.05, 0.1) is 11.8 Å². The van der Waals surface area contributed by atoms with Crippen LogP contribution < -0.4 is 5.32 Å². The van der Waals surface area contributed by atoms with Gasteiger partial charge in [0, 0.05) is 10.2 Å². The Kier molecular flexibility index (Phi) is 3.22. The molecule has 0 bridgehead atoms. The highest BCUT2D eigenvalue weighted by atomic mass is 79.9. The van der Waals surface area contributed by atoms with Crippen LogP contribution in [0.25, 0.3) is 10.8 Å². The lowest BCUT2D eigenvalue weighted by atomic mass is 10.1. The van der Waals surface area contributed by atoms with Crippen molar-refractivity contribution in [2.75, 3.05) is 5.32 Å². The van der Waals surface area contributed by atoms with Crippen LogP contribution in [-0.2, 0) is 9.59 Å². The second-order valence-corrected chi connectivity index (χ2v) is 5.90. The van der Waals surface area contributed by atoms with Crippen LogP contribution >= 0.6 is 15.9 Å². The second-order valence-electron chi connectivity index (χ2n) is 4.98. The number of amides is 1. The number of carboxylic acids is 1. The van der Waals surface area contributed by atoms with Gasteiger partial charge in [-0.1, -0.05) is 28.1 Å². The van der Waals surface area contributed by atoms with Crippen molar-refractivity contribution in [3.05, 3.63) is 40.9 Å². The molecule has 0 heterocycles. The monoisotopic (exact) mass is 333 g/mol. The third-order valence-electron chi connectivity index (χ3n) is 3.51. The number of aliphatic carboxylic acids is 1. The lowest BCUT2D eigenvalue weighted by Gasteiger charge is -2.06. The standard InChI is InChI=1S/C15H12BrNO3/c16-10-3-1-9-6-11(4-2-8(9)5-10)17-14(18)12-7-13(12)15(19)20/h1-6,12-13H,7H2,(H,17,18)(H,19,20). The number of anilines is 1. The fourth-order valence-corrected chi connectivity index (χ4v) is 2.67. The first-order valence-electron chi connectivity index (χ1n) is 6.27. The Labute approximate surface area is 123 Å². The number of carbonyl (C=O) groups is 2. The highest BCUT2D eigenvalue weighted by Gasteiger charge is 2.48. The number of benzene rings is 2. The molecule has 20 heavy (non-hydrogen) atoms. The fourth-order valence-electron chi connectivity index (χ4n) is 2.29. The Morgan fingerprint density at radius 3 is 2.50 bits per heavy atom. The van der Waals surface area contributed by atoms with Gasteiger partial charge in [-0.05, 0) is 41.5 Å². The molecule has 102 valence electrons. The molecule has 5 heteroatoms. The molecule has 4 nitrogen and oxygen atoms in total. The van der Waals surface area contributed by atoms with E-state index in [0.717, 1.165) is 15.2 Å². The zero-order valence-electron chi connectivity index (χ0n) is 10.5. The van der Waals surface area contributed by atoms with Crippen LogP contribution in [-0.4, -0.2) is 17.0 Å². The molecule has 3 rings (SSSR count). The smallest absolute Gasteiger partial charge is 0.307 e. The molecule has 2 N–H and O–H groups in total. The third-order valence-corrected chi connectivity index (χ3v) is 4.01. The molecule has 1 fully saturated rings. The molecule has 1 aliphatic carbocycles. The number of carbonyl (C=O) groups excluding carboxylic acids is 1. The predicted octanol–water partition coefficient (Wildman–Crippen LogP) is 3.26. The predicted molar refractivity (Wildman–Crippen MR) is 79.5 cm³/mol. The molecule has 1 aliphatic rings. The molecule has 2 aromatic rings. The first-order chi connectivity index (χ1) is 9.54. The molecular formula is C15H12BrNO3. The summed E-state index contributed by atoms with van der Waals surface area (Å²) in [6.07, 6.45) is 0.432. The average Bonchev–Trinajstić information content (AvgIpc) is 3.19. The largest absolute Gasteiger partial charge is 0.481 e. The minimum atomic E-state index is -0.895. The number of hydrogen-bond donors (Lipinski definition) is 2. The Hall–Kier alpha value is -1.88. The van der Waals surface area contributed by atoms with Crippen LogP contribution in [0.2, 0.25) is 0 Å². The van der Waals surface area contributed by atoms with Crippen molar-refractivity contribution >= 4 is 44.3 Å². The van der Waals surface area contributed by atoms with E-state index in [-0.39, 0.29) is 5.91 Å². The van der Waals surface area contributed by atoms with Crippen LogP contribution in [0.1, 0.15) is 6.42 Å². The summed E-state index contributed by atoms with van der Waals surface area (Å²) in [5.41, 5.74) is 0.695. The summed E-state index contributed by atoms with van der Waals surface area (Å²) in [6, 6.07) is 11.5. The number of fused-ring (bicyclic) bond motifs is 1. The summed E-state index contributed by atoms with van der Waals surface area (Å²) >= 11 is 3.41.